The molecular weight excluding hydrogens is 194 g/mol. The molecule has 5 nitrogen and oxygen atoms in total. The first kappa shape index (κ1) is 12.4. The zero-order valence-corrected chi connectivity index (χ0v) is 9.06. The van der Waals surface area contributed by atoms with Crippen molar-refractivity contribution in [2.24, 2.45) is 5.41 Å². The number of nitrogens with one attached hydrogen (secondary N) is 1. The maximum absolute atomic E-state index is 11.2. The van der Waals surface area contributed by atoms with Gasteiger partial charge < -0.3 is 0 Å². The van der Waals surface area contributed by atoms with E-state index in [1.165, 1.54) is 6.92 Å². The lowest BCUT2D eigenvalue weighted by molar-refractivity contribution is -0.126. The first-order valence-corrected chi connectivity index (χ1v) is 5.31. The van der Waals surface area contributed by atoms with Crippen LogP contribution in [-0.2, 0) is 19.3 Å². The SMILES string of the molecule is CCOS(=O)(=O)NC(=O)C(C)(C)C. The Morgan fingerprint density at radius 1 is 1.38 bits per heavy atom. The molecule has 0 aromatic carbocycles. The Morgan fingerprint density at radius 3 is 2.15 bits per heavy atom. The van der Waals surface area contributed by atoms with Gasteiger partial charge in [0.15, 0.2) is 0 Å². The number of hydrogen-bond donors (Lipinski definition) is 1. The molecule has 13 heavy (non-hydrogen) atoms. The number of hydrogen-bond acceptors (Lipinski definition) is 4. The fraction of sp³-hybridized carbons (Fsp3) is 0.857. The van der Waals surface area contributed by atoms with E-state index >= 15 is 0 Å². The molecule has 0 spiro atoms. The zero-order valence-electron chi connectivity index (χ0n) is 8.25. The highest BCUT2D eigenvalue weighted by molar-refractivity contribution is 7.85. The molecule has 0 heterocycles. The largest absolute Gasteiger partial charge is 0.362 e. The molecular formula is C7H15NO4S. The summed E-state index contributed by atoms with van der Waals surface area (Å²) in [6, 6.07) is 0. The van der Waals surface area contributed by atoms with Crippen LogP contribution < -0.4 is 4.72 Å². The van der Waals surface area contributed by atoms with Gasteiger partial charge in [-0.25, -0.2) is 4.72 Å². The second-order valence-electron chi connectivity index (χ2n) is 3.54. The molecule has 1 N–H and O–H groups in total. The van der Waals surface area contributed by atoms with Gasteiger partial charge in [-0.05, 0) is 6.92 Å². The molecule has 0 aliphatic heterocycles. The maximum Gasteiger partial charge on any atom is 0.362 e. The Bertz CT molecular complexity index is 275. The number of amides is 1. The van der Waals surface area contributed by atoms with Crippen LogP contribution in [0.5, 0.6) is 0 Å². The minimum atomic E-state index is -3.91. The third kappa shape index (κ3) is 4.84. The normalized spacial score (nSPS) is 12.6. The maximum atomic E-state index is 11.2. The number of carbonyl (C=O) groups is 1. The van der Waals surface area contributed by atoms with Gasteiger partial charge in [-0.3, -0.25) is 8.98 Å². The summed E-state index contributed by atoms with van der Waals surface area (Å²) in [5, 5.41) is 0. The van der Waals surface area contributed by atoms with E-state index < -0.39 is 21.6 Å². The van der Waals surface area contributed by atoms with Crippen LogP contribution in [0, 0.1) is 5.41 Å². The van der Waals surface area contributed by atoms with Crippen molar-refractivity contribution in [3.63, 3.8) is 0 Å². The summed E-state index contributed by atoms with van der Waals surface area (Å²) in [5.74, 6) is -0.582. The lowest BCUT2D eigenvalue weighted by Gasteiger charge is -2.16. The average molecular weight is 209 g/mol. The molecule has 0 aromatic rings. The highest BCUT2D eigenvalue weighted by Gasteiger charge is 2.25. The molecule has 0 bridgehead atoms. The molecule has 78 valence electrons. The Labute approximate surface area is 78.7 Å². The van der Waals surface area contributed by atoms with Crippen molar-refractivity contribution in [1.29, 1.82) is 0 Å². The van der Waals surface area contributed by atoms with Crippen molar-refractivity contribution >= 4 is 16.2 Å². The first-order valence-electron chi connectivity index (χ1n) is 3.90. The van der Waals surface area contributed by atoms with Crippen LogP contribution in [-0.4, -0.2) is 20.9 Å². The van der Waals surface area contributed by atoms with Gasteiger partial charge in [0, 0.05) is 5.41 Å². The van der Waals surface area contributed by atoms with Crippen LogP contribution in [0.1, 0.15) is 27.7 Å². The Morgan fingerprint density at radius 2 is 1.85 bits per heavy atom. The van der Waals surface area contributed by atoms with Crippen LogP contribution >= 0.6 is 0 Å². The Kier molecular flexibility index (Phi) is 3.87. The van der Waals surface area contributed by atoms with Gasteiger partial charge in [-0.2, -0.15) is 8.42 Å². The van der Waals surface area contributed by atoms with Gasteiger partial charge >= 0.3 is 10.3 Å². The summed E-state index contributed by atoms with van der Waals surface area (Å²) >= 11 is 0. The molecule has 6 heteroatoms. The topological polar surface area (TPSA) is 72.5 Å². The van der Waals surface area contributed by atoms with Crippen LogP contribution in [0.3, 0.4) is 0 Å². The summed E-state index contributed by atoms with van der Waals surface area (Å²) in [7, 11) is -3.91. The predicted octanol–water partition coefficient (Wildman–Crippen LogP) is 0.430. The quantitative estimate of drug-likeness (QED) is 0.731. The molecule has 1 amide bonds. The van der Waals surface area contributed by atoms with Crippen molar-refractivity contribution in [1.82, 2.24) is 4.72 Å². The summed E-state index contributed by atoms with van der Waals surface area (Å²) < 4.78 is 28.0. The standard InChI is InChI=1S/C7H15NO4S/c1-5-12-13(10,11)8-6(9)7(2,3)4/h5H2,1-4H3,(H,8,9). The van der Waals surface area contributed by atoms with Crippen LogP contribution in [0.25, 0.3) is 0 Å². The van der Waals surface area contributed by atoms with E-state index in [4.69, 9.17) is 0 Å². The molecule has 0 radical (unpaired) electrons. The average Bonchev–Trinajstić information content (AvgIpc) is 1.83. The van der Waals surface area contributed by atoms with E-state index in [9.17, 15) is 13.2 Å². The Balaban J connectivity index is 4.39. The van der Waals surface area contributed by atoms with E-state index in [0.29, 0.717) is 0 Å². The highest BCUT2D eigenvalue weighted by atomic mass is 32.2. The lowest BCUT2D eigenvalue weighted by atomic mass is 9.96. The fourth-order valence-corrected chi connectivity index (χ4v) is 1.35. The van der Waals surface area contributed by atoms with E-state index in [1.54, 1.807) is 20.8 Å². The molecule has 0 rings (SSSR count). The van der Waals surface area contributed by atoms with Crippen LogP contribution in [0.2, 0.25) is 0 Å². The minimum absolute atomic E-state index is 0.00670. The molecule has 0 fully saturated rings. The molecule has 0 unspecified atom stereocenters. The van der Waals surface area contributed by atoms with E-state index in [1.807, 2.05) is 4.72 Å². The third-order valence-corrected chi connectivity index (χ3v) is 2.15. The van der Waals surface area contributed by atoms with Crippen molar-refractivity contribution in [3.8, 4) is 0 Å². The van der Waals surface area contributed by atoms with Gasteiger partial charge in [-0.1, -0.05) is 20.8 Å². The fourth-order valence-electron chi connectivity index (χ4n) is 0.451. The van der Waals surface area contributed by atoms with Gasteiger partial charge in [-0.15, -0.1) is 0 Å². The van der Waals surface area contributed by atoms with Crippen molar-refractivity contribution in [2.45, 2.75) is 27.7 Å². The van der Waals surface area contributed by atoms with Crippen LogP contribution in [0.15, 0.2) is 0 Å². The summed E-state index contributed by atoms with van der Waals surface area (Å²) in [5.41, 5.74) is -0.746. The monoisotopic (exact) mass is 209 g/mol. The van der Waals surface area contributed by atoms with Crippen molar-refractivity contribution in [3.05, 3.63) is 0 Å². The molecule has 0 atom stereocenters. The van der Waals surface area contributed by atoms with Gasteiger partial charge in [0.25, 0.3) is 0 Å². The van der Waals surface area contributed by atoms with Crippen LogP contribution in [0.4, 0.5) is 0 Å². The number of carbonyl (C=O) groups excluding carboxylic acids is 1. The van der Waals surface area contributed by atoms with Crippen molar-refractivity contribution < 1.29 is 17.4 Å². The van der Waals surface area contributed by atoms with E-state index in [0.717, 1.165) is 0 Å². The van der Waals surface area contributed by atoms with Crippen molar-refractivity contribution in [2.75, 3.05) is 6.61 Å². The predicted molar refractivity (Wildman–Crippen MR) is 48.1 cm³/mol. The minimum Gasteiger partial charge on any atom is -0.273 e. The highest BCUT2D eigenvalue weighted by Crippen LogP contribution is 2.13. The Hall–Kier alpha value is -0.620. The third-order valence-electron chi connectivity index (χ3n) is 1.17. The number of rotatable bonds is 3. The van der Waals surface area contributed by atoms with Gasteiger partial charge in [0.05, 0.1) is 6.61 Å². The molecule has 0 saturated heterocycles. The lowest BCUT2D eigenvalue weighted by Crippen LogP contribution is -2.39. The van der Waals surface area contributed by atoms with E-state index in [-0.39, 0.29) is 6.61 Å². The summed E-state index contributed by atoms with van der Waals surface area (Å²) in [4.78, 5) is 11.2. The molecule has 0 aromatic heterocycles. The molecule has 0 aliphatic carbocycles. The summed E-state index contributed by atoms with van der Waals surface area (Å²) in [6.45, 7) is 6.38. The summed E-state index contributed by atoms with van der Waals surface area (Å²) in [6.07, 6.45) is 0. The smallest absolute Gasteiger partial charge is 0.273 e. The molecule has 0 saturated carbocycles. The van der Waals surface area contributed by atoms with Gasteiger partial charge in [0.2, 0.25) is 5.91 Å². The second-order valence-corrected chi connectivity index (χ2v) is 4.89. The zero-order chi connectivity index (χ0) is 10.7. The van der Waals surface area contributed by atoms with E-state index in [2.05, 4.69) is 4.18 Å². The molecule has 0 aliphatic rings. The first-order chi connectivity index (χ1) is 5.69. The van der Waals surface area contributed by atoms with Gasteiger partial charge in [0.1, 0.15) is 0 Å². The second kappa shape index (κ2) is 4.06.